The summed E-state index contributed by atoms with van der Waals surface area (Å²) in [7, 11) is 1.62. The van der Waals surface area contributed by atoms with Crippen molar-refractivity contribution < 1.29 is 18.7 Å². The number of carbonyl (C=O) groups is 1. The maximum absolute atomic E-state index is 13.5. The van der Waals surface area contributed by atoms with Crippen LogP contribution >= 0.6 is 0 Å². The number of benzene rings is 1. The molecule has 86 valence electrons. The van der Waals surface area contributed by atoms with Gasteiger partial charge < -0.3 is 14.1 Å². The molecule has 0 fully saturated rings. The summed E-state index contributed by atoms with van der Waals surface area (Å²) in [5.74, 6) is -1.49. The molecule has 0 atom stereocenters. The number of rotatable bonds is 1. The zero-order chi connectivity index (χ0) is 12.2. The topological polar surface area (TPSA) is 55.4 Å². The summed E-state index contributed by atoms with van der Waals surface area (Å²) in [6.45, 7) is 0. The average Bonchev–Trinajstić information content (AvgIpc) is 2.78. The predicted molar refractivity (Wildman–Crippen MR) is 59.6 cm³/mol. The van der Waals surface area contributed by atoms with Gasteiger partial charge in [0.15, 0.2) is 17.0 Å². The van der Waals surface area contributed by atoms with Gasteiger partial charge in [0.1, 0.15) is 5.69 Å². The average molecular weight is 233 g/mol. The van der Waals surface area contributed by atoms with Crippen LogP contribution < -0.4 is 0 Å². The van der Waals surface area contributed by atoms with Crippen LogP contribution in [0.15, 0.2) is 28.7 Å². The van der Waals surface area contributed by atoms with Crippen molar-refractivity contribution in [1.29, 1.82) is 0 Å². The Hall–Kier alpha value is -2.30. The molecule has 0 aliphatic rings. The molecule has 5 heteroatoms. The van der Waals surface area contributed by atoms with E-state index >= 15 is 0 Å². The van der Waals surface area contributed by atoms with Crippen LogP contribution in [0.2, 0.25) is 0 Å². The minimum Gasteiger partial charge on any atom is -0.477 e. The molecule has 0 saturated carbocycles. The van der Waals surface area contributed by atoms with Gasteiger partial charge in [0.25, 0.3) is 0 Å². The second-order valence-electron chi connectivity index (χ2n) is 3.83. The van der Waals surface area contributed by atoms with Crippen molar-refractivity contribution in [2.75, 3.05) is 0 Å². The third kappa shape index (κ3) is 1.19. The van der Waals surface area contributed by atoms with E-state index in [4.69, 9.17) is 9.52 Å². The van der Waals surface area contributed by atoms with E-state index in [2.05, 4.69) is 0 Å². The zero-order valence-corrected chi connectivity index (χ0v) is 8.90. The minimum absolute atomic E-state index is 0.116. The Morgan fingerprint density at radius 3 is 2.94 bits per heavy atom. The van der Waals surface area contributed by atoms with Crippen molar-refractivity contribution in [1.82, 2.24) is 4.57 Å². The molecule has 1 aromatic carbocycles. The van der Waals surface area contributed by atoms with Crippen LogP contribution in [0.1, 0.15) is 10.5 Å². The lowest BCUT2D eigenvalue weighted by Gasteiger charge is -1.98. The molecular weight excluding hydrogens is 225 g/mol. The van der Waals surface area contributed by atoms with Gasteiger partial charge in [0.05, 0.1) is 5.52 Å². The van der Waals surface area contributed by atoms with Crippen LogP contribution in [0.3, 0.4) is 0 Å². The molecule has 0 aliphatic heterocycles. The van der Waals surface area contributed by atoms with Crippen LogP contribution in [-0.2, 0) is 7.05 Å². The monoisotopic (exact) mass is 233 g/mol. The standard InChI is InChI=1S/C12H8FNO3/c1-14-8(12(15)16)5-9-10(14)6-3-2-4-7(13)11(6)17-9/h2-5H,1H3,(H,15,16). The highest BCUT2D eigenvalue weighted by Gasteiger charge is 2.19. The van der Waals surface area contributed by atoms with Crippen LogP contribution in [0.25, 0.3) is 22.1 Å². The van der Waals surface area contributed by atoms with E-state index in [1.165, 1.54) is 16.7 Å². The lowest BCUT2D eigenvalue weighted by molar-refractivity contribution is 0.0687. The van der Waals surface area contributed by atoms with E-state index < -0.39 is 11.8 Å². The Labute approximate surface area is 94.9 Å². The first kappa shape index (κ1) is 9.89. The quantitative estimate of drug-likeness (QED) is 0.703. The largest absolute Gasteiger partial charge is 0.477 e. The Balaban J connectivity index is 2.50. The molecule has 0 aliphatic carbocycles. The lowest BCUT2D eigenvalue weighted by atomic mass is 10.2. The van der Waals surface area contributed by atoms with Crippen LogP contribution in [-0.4, -0.2) is 15.6 Å². The van der Waals surface area contributed by atoms with Gasteiger partial charge in [-0.3, -0.25) is 0 Å². The number of halogens is 1. The first-order chi connectivity index (χ1) is 8.09. The summed E-state index contributed by atoms with van der Waals surface area (Å²) in [5.41, 5.74) is 1.25. The van der Waals surface area contributed by atoms with Crippen LogP contribution in [0.4, 0.5) is 4.39 Å². The molecular formula is C12H8FNO3. The van der Waals surface area contributed by atoms with E-state index in [1.807, 2.05) is 0 Å². The first-order valence-corrected chi connectivity index (χ1v) is 4.99. The summed E-state index contributed by atoms with van der Waals surface area (Å²) >= 11 is 0. The summed E-state index contributed by atoms with van der Waals surface area (Å²) < 4.78 is 20.3. The number of nitrogens with zero attached hydrogens (tertiary/aromatic N) is 1. The predicted octanol–water partition coefficient (Wildman–Crippen LogP) is 2.76. The summed E-state index contributed by atoms with van der Waals surface area (Å²) in [6.07, 6.45) is 0. The molecule has 17 heavy (non-hydrogen) atoms. The van der Waals surface area contributed by atoms with Gasteiger partial charge in [-0.25, -0.2) is 9.18 Å². The van der Waals surface area contributed by atoms with Gasteiger partial charge in [-0.2, -0.15) is 0 Å². The number of aromatic nitrogens is 1. The van der Waals surface area contributed by atoms with E-state index in [-0.39, 0.29) is 11.3 Å². The lowest BCUT2D eigenvalue weighted by Crippen LogP contribution is -2.03. The number of hydrogen-bond donors (Lipinski definition) is 1. The van der Waals surface area contributed by atoms with Gasteiger partial charge in [0, 0.05) is 18.5 Å². The number of carboxylic acids is 1. The molecule has 2 heterocycles. The van der Waals surface area contributed by atoms with Crippen molar-refractivity contribution in [3.8, 4) is 0 Å². The summed E-state index contributed by atoms with van der Waals surface area (Å²) in [4.78, 5) is 11.0. The number of fused-ring (bicyclic) bond motifs is 3. The highest BCUT2D eigenvalue weighted by molar-refractivity contribution is 6.06. The first-order valence-electron chi connectivity index (χ1n) is 4.99. The SMILES string of the molecule is Cn1c(C(=O)O)cc2oc3c(F)cccc3c21. The maximum Gasteiger partial charge on any atom is 0.352 e. The van der Waals surface area contributed by atoms with Crippen LogP contribution in [0.5, 0.6) is 0 Å². The normalized spacial score (nSPS) is 11.4. The molecule has 0 spiro atoms. The summed E-state index contributed by atoms with van der Waals surface area (Å²) in [6, 6.07) is 5.98. The molecule has 0 bridgehead atoms. The number of carboxylic acid groups (broad SMARTS) is 1. The van der Waals surface area contributed by atoms with Crippen molar-refractivity contribution in [2.45, 2.75) is 0 Å². The molecule has 1 N–H and O–H groups in total. The number of furan rings is 1. The fourth-order valence-corrected chi connectivity index (χ4v) is 2.08. The molecule has 0 radical (unpaired) electrons. The van der Waals surface area contributed by atoms with Crippen molar-refractivity contribution in [3.05, 3.63) is 35.8 Å². The molecule has 3 aromatic rings. The van der Waals surface area contributed by atoms with Crippen molar-refractivity contribution in [2.24, 2.45) is 7.05 Å². The Bertz CT molecular complexity index is 754. The van der Waals surface area contributed by atoms with Crippen LogP contribution in [0, 0.1) is 5.82 Å². The molecule has 0 amide bonds. The van der Waals surface area contributed by atoms with Gasteiger partial charge in [-0.1, -0.05) is 6.07 Å². The second-order valence-corrected chi connectivity index (χ2v) is 3.83. The molecule has 0 saturated heterocycles. The highest BCUT2D eigenvalue weighted by Crippen LogP contribution is 2.32. The molecule has 4 nitrogen and oxygen atoms in total. The number of aromatic carboxylic acids is 1. The van der Waals surface area contributed by atoms with E-state index in [0.717, 1.165) is 0 Å². The van der Waals surface area contributed by atoms with E-state index in [1.54, 1.807) is 19.2 Å². The number of para-hydroxylation sites is 1. The fraction of sp³-hybridized carbons (Fsp3) is 0.0833. The fourth-order valence-electron chi connectivity index (χ4n) is 2.08. The maximum atomic E-state index is 13.5. The third-order valence-electron chi connectivity index (χ3n) is 2.85. The molecule has 3 rings (SSSR count). The highest BCUT2D eigenvalue weighted by atomic mass is 19.1. The third-order valence-corrected chi connectivity index (χ3v) is 2.85. The minimum atomic E-state index is -1.04. The van der Waals surface area contributed by atoms with Gasteiger partial charge in [-0.15, -0.1) is 0 Å². The smallest absolute Gasteiger partial charge is 0.352 e. The number of hydrogen-bond acceptors (Lipinski definition) is 2. The zero-order valence-electron chi connectivity index (χ0n) is 8.90. The molecule has 0 unspecified atom stereocenters. The Morgan fingerprint density at radius 2 is 2.24 bits per heavy atom. The van der Waals surface area contributed by atoms with E-state index in [9.17, 15) is 9.18 Å². The molecule has 2 aromatic heterocycles. The van der Waals surface area contributed by atoms with Gasteiger partial charge >= 0.3 is 5.97 Å². The van der Waals surface area contributed by atoms with Crippen molar-refractivity contribution >= 4 is 28.0 Å². The Kier molecular flexibility index (Phi) is 1.80. The van der Waals surface area contributed by atoms with Gasteiger partial charge in [0.2, 0.25) is 0 Å². The number of aryl methyl sites for hydroxylation is 1. The van der Waals surface area contributed by atoms with Crippen molar-refractivity contribution in [3.63, 3.8) is 0 Å². The second kappa shape index (κ2) is 3.10. The Morgan fingerprint density at radius 1 is 1.47 bits per heavy atom. The summed E-state index contributed by atoms with van der Waals surface area (Å²) in [5, 5.41) is 9.55. The van der Waals surface area contributed by atoms with Gasteiger partial charge in [-0.05, 0) is 12.1 Å². The van der Waals surface area contributed by atoms with E-state index in [0.29, 0.717) is 16.5 Å².